The largest absolute Gasteiger partial charge is 0.487 e. The highest BCUT2D eigenvalue weighted by molar-refractivity contribution is 7.09. The Kier molecular flexibility index (Phi) is 6.76. The van der Waals surface area contributed by atoms with Crippen LogP contribution in [0.3, 0.4) is 0 Å². The number of benzene rings is 2. The van der Waals surface area contributed by atoms with Crippen LogP contribution >= 0.6 is 11.3 Å². The summed E-state index contributed by atoms with van der Waals surface area (Å²) < 4.78 is 5.71. The number of ether oxygens (including phenoxy) is 1. The highest BCUT2D eigenvalue weighted by Gasteiger charge is 2.04. The lowest BCUT2D eigenvalue weighted by atomic mass is 10.2. The molecule has 0 bridgehead atoms. The second-order valence-corrected chi connectivity index (χ2v) is 7.26. The highest BCUT2D eigenvalue weighted by Crippen LogP contribution is 2.16. The fourth-order valence-electron chi connectivity index (χ4n) is 2.51. The molecule has 0 aliphatic carbocycles. The Morgan fingerprint density at radius 2 is 1.83 bits per heavy atom. The average molecular weight is 407 g/mol. The number of hydrogen-bond donors (Lipinski definition) is 2. The van der Waals surface area contributed by atoms with Crippen LogP contribution in [0.15, 0.2) is 60.0 Å². The lowest BCUT2D eigenvalue weighted by Gasteiger charge is -2.05. The van der Waals surface area contributed by atoms with E-state index >= 15 is 0 Å². The van der Waals surface area contributed by atoms with E-state index in [-0.39, 0.29) is 11.8 Å². The first kappa shape index (κ1) is 20.3. The van der Waals surface area contributed by atoms with E-state index in [1.807, 2.05) is 36.6 Å². The number of thiazole rings is 1. The summed E-state index contributed by atoms with van der Waals surface area (Å²) in [5.41, 5.74) is 2.95. The van der Waals surface area contributed by atoms with Crippen LogP contribution in [0.5, 0.6) is 5.75 Å². The number of amides is 2. The van der Waals surface area contributed by atoms with Crippen LogP contribution in [0, 0.1) is 6.92 Å². The summed E-state index contributed by atoms with van der Waals surface area (Å²) in [6, 6.07) is 14.2. The highest BCUT2D eigenvalue weighted by atomic mass is 32.1. The molecule has 0 fully saturated rings. The number of anilines is 1. The third-order valence-corrected chi connectivity index (χ3v) is 4.82. The normalized spacial score (nSPS) is 10.7. The Morgan fingerprint density at radius 1 is 1.10 bits per heavy atom. The number of aryl methyl sites for hydroxylation is 1. The molecule has 2 N–H and O–H groups in total. The topological polar surface area (TPSA) is 80.3 Å². The molecule has 0 spiro atoms. The first-order valence-electron chi connectivity index (χ1n) is 8.98. The zero-order valence-corrected chi connectivity index (χ0v) is 17.0. The Balaban J connectivity index is 1.51. The van der Waals surface area contributed by atoms with Gasteiger partial charge in [0, 0.05) is 29.8 Å². The Hall–Kier alpha value is -3.45. The molecule has 0 atom stereocenters. The molecule has 0 radical (unpaired) electrons. The smallest absolute Gasteiger partial charge is 0.251 e. The van der Waals surface area contributed by atoms with E-state index in [2.05, 4.69) is 15.6 Å². The van der Waals surface area contributed by atoms with Gasteiger partial charge in [-0.05, 0) is 55.0 Å². The van der Waals surface area contributed by atoms with Crippen molar-refractivity contribution in [2.24, 2.45) is 0 Å². The van der Waals surface area contributed by atoms with Gasteiger partial charge in [-0.15, -0.1) is 11.3 Å². The maximum Gasteiger partial charge on any atom is 0.251 e. The zero-order chi connectivity index (χ0) is 20.6. The SMILES string of the molecule is CNC(=O)c1ccc(NC(=O)/C=C/c2ccc(OCc3csc(C)n3)cc2)cc1. The molecule has 6 nitrogen and oxygen atoms in total. The maximum atomic E-state index is 12.1. The van der Waals surface area contributed by atoms with E-state index in [4.69, 9.17) is 4.74 Å². The maximum absolute atomic E-state index is 12.1. The molecule has 3 aromatic rings. The molecule has 1 heterocycles. The van der Waals surface area contributed by atoms with Gasteiger partial charge < -0.3 is 15.4 Å². The summed E-state index contributed by atoms with van der Waals surface area (Å²) in [4.78, 5) is 28.0. The second-order valence-electron chi connectivity index (χ2n) is 6.19. The average Bonchev–Trinajstić information content (AvgIpc) is 3.16. The van der Waals surface area contributed by atoms with Crippen molar-refractivity contribution >= 4 is 34.9 Å². The van der Waals surface area contributed by atoms with Crippen LogP contribution in [-0.2, 0) is 11.4 Å². The van der Waals surface area contributed by atoms with Crippen LogP contribution < -0.4 is 15.4 Å². The van der Waals surface area contributed by atoms with Gasteiger partial charge in [0.05, 0.1) is 10.7 Å². The van der Waals surface area contributed by atoms with E-state index in [9.17, 15) is 9.59 Å². The third kappa shape index (κ3) is 6.02. The number of aromatic nitrogens is 1. The molecule has 3 rings (SSSR count). The van der Waals surface area contributed by atoms with Crippen molar-refractivity contribution in [3.05, 3.63) is 81.8 Å². The van der Waals surface area contributed by atoms with E-state index in [0.717, 1.165) is 22.0 Å². The van der Waals surface area contributed by atoms with Crippen molar-refractivity contribution < 1.29 is 14.3 Å². The fourth-order valence-corrected chi connectivity index (χ4v) is 3.11. The molecule has 0 unspecified atom stereocenters. The molecule has 29 heavy (non-hydrogen) atoms. The fraction of sp³-hybridized carbons (Fsp3) is 0.136. The lowest BCUT2D eigenvalue weighted by molar-refractivity contribution is -0.111. The predicted octanol–water partition coefficient (Wildman–Crippen LogP) is 4.04. The second kappa shape index (κ2) is 9.66. The van der Waals surface area contributed by atoms with Crippen LogP contribution in [0.2, 0.25) is 0 Å². The third-order valence-electron chi connectivity index (χ3n) is 4.00. The lowest BCUT2D eigenvalue weighted by Crippen LogP contribution is -2.17. The van der Waals surface area contributed by atoms with Crippen molar-refractivity contribution in [3.63, 3.8) is 0 Å². The monoisotopic (exact) mass is 407 g/mol. The van der Waals surface area contributed by atoms with E-state index in [1.165, 1.54) is 6.08 Å². The number of carbonyl (C=O) groups excluding carboxylic acids is 2. The minimum absolute atomic E-state index is 0.170. The Bertz CT molecular complexity index is 1010. The predicted molar refractivity (Wildman–Crippen MR) is 115 cm³/mol. The van der Waals surface area contributed by atoms with E-state index < -0.39 is 0 Å². The number of nitrogens with one attached hydrogen (secondary N) is 2. The van der Waals surface area contributed by atoms with Gasteiger partial charge in [0.1, 0.15) is 12.4 Å². The van der Waals surface area contributed by atoms with Crippen molar-refractivity contribution in [3.8, 4) is 5.75 Å². The van der Waals surface area contributed by atoms with Gasteiger partial charge in [-0.3, -0.25) is 9.59 Å². The van der Waals surface area contributed by atoms with Gasteiger partial charge in [-0.25, -0.2) is 4.98 Å². The van der Waals surface area contributed by atoms with Gasteiger partial charge in [0.15, 0.2) is 0 Å². The first-order valence-corrected chi connectivity index (χ1v) is 9.86. The summed E-state index contributed by atoms with van der Waals surface area (Å²) in [5, 5.41) is 8.31. The minimum Gasteiger partial charge on any atom is -0.487 e. The minimum atomic E-state index is -0.253. The van der Waals surface area contributed by atoms with Crippen molar-refractivity contribution in [1.82, 2.24) is 10.3 Å². The van der Waals surface area contributed by atoms with Crippen LogP contribution in [0.4, 0.5) is 5.69 Å². The van der Waals surface area contributed by atoms with E-state index in [1.54, 1.807) is 48.7 Å². The van der Waals surface area contributed by atoms with Gasteiger partial charge in [0.2, 0.25) is 5.91 Å². The van der Waals surface area contributed by atoms with Gasteiger partial charge in [0.25, 0.3) is 5.91 Å². The summed E-state index contributed by atoms with van der Waals surface area (Å²) in [6.07, 6.45) is 3.18. The molecule has 0 aliphatic heterocycles. The van der Waals surface area contributed by atoms with Crippen LogP contribution in [-0.4, -0.2) is 23.8 Å². The quantitative estimate of drug-likeness (QED) is 0.579. The van der Waals surface area contributed by atoms with E-state index in [0.29, 0.717) is 17.9 Å². The number of carbonyl (C=O) groups is 2. The first-order chi connectivity index (χ1) is 14.0. The molecule has 1 aromatic heterocycles. The summed E-state index contributed by atoms with van der Waals surface area (Å²) >= 11 is 1.60. The van der Waals surface area contributed by atoms with Gasteiger partial charge in [-0.2, -0.15) is 0 Å². The Morgan fingerprint density at radius 3 is 2.45 bits per heavy atom. The van der Waals surface area contributed by atoms with Crippen molar-refractivity contribution in [2.45, 2.75) is 13.5 Å². The molecule has 2 aromatic carbocycles. The Labute approximate surface area is 173 Å². The van der Waals surface area contributed by atoms with Gasteiger partial charge in [-0.1, -0.05) is 12.1 Å². The summed E-state index contributed by atoms with van der Waals surface area (Å²) in [5.74, 6) is 0.322. The summed E-state index contributed by atoms with van der Waals surface area (Å²) in [6.45, 7) is 2.39. The molecule has 0 saturated heterocycles. The van der Waals surface area contributed by atoms with Crippen molar-refractivity contribution in [1.29, 1.82) is 0 Å². The standard InChI is InChI=1S/C22H21N3O3S/c1-15-24-19(14-29-15)13-28-20-10-3-16(4-11-20)5-12-21(26)25-18-8-6-17(7-9-18)22(27)23-2/h3-12,14H,13H2,1-2H3,(H,23,27)(H,25,26)/b12-5+. The van der Waals surface area contributed by atoms with Gasteiger partial charge >= 0.3 is 0 Å². The summed E-state index contributed by atoms with van der Waals surface area (Å²) in [7, 11) is 1.57. The number of hydrogen-bond acceptors (Lipinski definition) is 5. The number of rotatable bonds is 7. The molecule has 0 saturated carbocycles. The van der Waals surface area contributed by atoms with Crippen LogP contribution in [0.25, 0.3) is 6.08 Å². The molecule has 2 amide bonds. The zero-order valence-electron chi connectivity index (χ0n) is 16.1. The number of nitrogens with zero attached hydrogens (tertiary/aromatic N) is 1. The molecule has 7 heteroatoms. The molecule has 0 aliphatic rings. The van der Waals surface area contributed by atoms with Crippen molar-refractivity contribution in [2.75, 3.05) is 12.4 Å². The molecular weight excluding hydrogens is 386 g/mol. The molecule has 148 valence electrons. The van der Waals surface area contributed by atoms with Crippen LogP contribution in [0.1, 0.15) is 26.6 Å². The molecular formula is C22H21N3O3S.